The molecule has 5 heteroatoms. The number of carbonyl (C=O) groups excluding carboxylic acids is 1. The van der Waals surface area contributed by atoms with Crippen molar-refractivity contribution in [2.24, 2.45) is 0 Å². The summed E-state index contributed by atoms with van der Waals surface area (Å²) in [5, 5.41) is 0. The number of rotatable bonds is 5. The van der Waals surface area contributed by atoms with Crippen LogP contribution in [0.2, 0.25) is 0 Å². The molecule has 2 heterocycles. The van der Waals surface area contributed by atoms with Gasteiger partial charge in [-0.05, 0) is 42.7 Å². The lowest BCUT2D eigenvalue weighted by Gasteiger charge is -2.33. The zero-order valence-electron chi connectivity index (χ0n) is 14.9. The van der Waals surface area contributed by atoms with E-state index in [-0.39, 0.29) is 12.0 Å². The first-order chi connectivity index (χ1) is 12.1. The molecule has 1 fully saturated rings. The van der Waals surface area contributed by atoms with Crippen LogP contribution >= 0.6 is 0 Å². The van der Waals surface area contributed by atoms with E-state index < -0.39 is 0 Å². The maximum absolute atomic E-state index is 12.8. The molecule has 1 saturated heterocycles. The largest absolute Gasteiger partial charge is 0.378 e. The molecule has 1 aromatic carbocycles. The van der Waals surface area contributed by atoms with Crippen molar-refractivity contribution in [3.63, 3.8) is 0 Å². The lowest BCUT2D eigenvalue weighted by atomic mass is 10.1. The maximum atomic E-state index is 12.8. The van der Waals surface area contributed by atoms with Crippen LogP contribution in [0.5, 0.6) is 0 Å². The van der Waals surface area contributed by atoms with Gasteiger partial charge < -0.3 is 14.5 Å². The molecule has 1 aliphatic heterocycles. The van der Waals surface area contributed by atoms with Crippen molar-refractivity contribution in [2.45, 2.75) is 25.6 Å². The summed E-state index contributed by atoms with van der Waals surface area (Å²) in [4.78, 5) is 20.9. The molecule has 1 aromatic heterocycles. The summed E-state index contributed by atoms with van der Waals surface area (Å²) in [6.45, 7) is 1.97. The predicted molar refractivity (Wildman–Crippen MR) is 98.7 cm³/mol. The van der Waals surface area contributed by atoms with E-state index >= 15 is 0 Å². The third-order valence-electron chi connectivity index (χ3n) is 4.48. The normalized spacial score (nSPS) is 17.4. The summed E-state index contributed by atoms with van der Waals surface area (Å²) in [5.41, 5.74) is 2.83. The molecule has 1 atom stereocenters. The molecule has 0 saturated carbocycles. The highest BCUT2D eigenvalue weighted by atomic mass is 16.5. The average Bonchev–Trinajstić information content (AvgIpc) is 2.67. The molecule has 1 aliphatic rings. The van der Waals surface area contributed by atoms with E-state index in [2.05, 4.69) is 4.98 Å². The number of aromatic nitrogens is 1. The first-order valence-corrected chi connectivity index (χ1v) is 8.70. The molecule has 5 nitrogen and oxygen atoms in total. The van der Waals surface area contributed by atoms with E-state index in [1.165, 1.54) is 0 Å². The Bertz CT molecular complexity index is 703. The minimum absolute atomic E-state index is 0.0786. The zero-order valence-corrected chi connectivity index (χ0v) is 14.9. The van der Waals surface area contributed by atoms with Gasteiger partial charge >= 0.3 is 0 Å². The van der Waals surface area contributed by atoms with Crippen molar-refractivity contribution >= 4 is 11.6 Å². The Morgan fingerprint density at radius 3 is 2.96 bits per heavy atom. The predicted octanol–water partition coefficient (Wildman–Crippen LogP) is 2.97. The lowest BCUT2D eigenvalue weighted by molar-refractivity contribution is -0.00681. The third-order valence-corrected chi connectivity index (χ3v) is 4.48. The van der Waals surface area contributed by atoms with Crippen LogP contribution < -0.4 is 4.90 Å². The van der Waals surface area contributed by atoms with Crippen LogP contribution in [0.3, 0.4) is 0 Å². The van der Waals surface area contributed by atoms with Crippen molar-refractivity contribution in [1.82, 2.24) is 9.88 Å². The average molecular weight is 339 g/mol. The van der Waals surface area contributed by atoms with Gasteiger partial charge in [0.1, 0.15) is 0 Å². The van der Waals surface area contributed by atoms with Gasteiger partial charge in [-0.1, -0.05) is 12.1 Å². The Morgan fingerprint density at radius 1 is 1.32 bits per heavy atom. The second kappa shape index (κ2) is 8.12. The smallest absolute Gasteiger partial charge is 0.254 e. The van der Waals surface area contributed by atoms with E-state index in [0.717, 1.165) is 36.2 Å². The van der Waals surface area contributed by atoms with Gasteiger partial charge in [0.15, 0.2) is 0 Å². The highest BCUT2D eigenvalue weighted by molar-refractivity contribution is 5.95. The van der Waals surface area contributed by atoms with Crippen molar-refractivity contribution in [3.05, 3.63) is 59.9 Å². The Balaban J connectivity index is 1.60. The van der Waals surface area contributed by atoms with Gasteiger partial charge in [0, 0.05) is 50.8 Å². The van der Waals surface area contributed by atoms with Gasteiger partial charge in [0.05, 0.1) is 12.7 Å². The fourth-order valence-corrected chi connectivity index (χ4v) is 3.06. The van der Waals surface area contributed by atoms with Crippen molar-refractivity contribution < 1.29 is 9.53 Å². The van der Waals surface area contributed by atoms with E-state index in [1.54, 1.807) is 6.20 Å². The van der Waals surface area contributed by atoms with Crippen LogP contribution in [0.15, 0.2) is 48.8 Å². The van der Waals surface area contributed by atoms with Gasteiger partial charge in [-0.2, -0.15) is 0 Å². The van der Waals surface area contributed by atoms with E-state index in [1.807, 2.05) is 66.5 Å². The van der Waals surface area contributed by atoms with Gasteiger partial charge in [-0.25, -0.2) is 0 Å². The quantitative estimate of drug-likeness (QED) is 0.840. The number of likely N-dealkylation sites (tertiary alicyclic amines) is 1. The Kier molecular flexibility index (Phi) is 5.66. The third kappa shape index (κ3) is 4.57. The van der Waals surface area contributed by atoms with E-state index in [0.29, 0.717) is 13.2 Å². The van der Waals surface area contributed by atoms with Gasteiger partial charge in [-0.15, -0.1) is 0 Å². The van der Waals surface area contributed by atoms with Gasteiger partial charge in [0.2, 0.25) is 0 Å². The van der Waals surface area contributed by atoms with Crippen LogP contribution in [0.1, 0.15) is 28.8 Å². The molecule has 1 amide bonds. The molecule has 0 aliphatic carbocycles. The summed E-state index contributed by atoms with van der Waals surface area (Å²) in [6, 6.07) is 11.7. The summed E-state index contributed by atoms with van der Waals surface area (Å²) < 4.78 is 6.01. The Hall–Kier alpha value is -2.40. The number of carbonyl (C=O) groups is 1. The summed E-state index contributed by atoms with van der Waals surface area (Å²) >= 11 is 0. The second-order valence-electron chi connectivity index (χ2n) is 6.63. The second-order valence-corrected chi connectivity index (χ2v) is 6.63. The number of hydrogen-bond acceptors (Lipinski definition) is 4. The first kappa shape index (κ1) is 17.4. The minimum Gasteiger partial charge on any atom is -0.378 e. The van der Waals surface area contributed by atoms with Crippen LogP contribution in [-0.4, -0.2) is 49.1 Å². The van der Waals surface area contributed by atoms with Gasteiger partial charge in [-0.3, -0.25) is 9.78 Å². The first-order valence-electron chi connectivity index (χ1n) is 8.70. The molecule has 0 unspecified atom stereocenters. The monoisotopic (exact) mass is 339 g/mol. The number of hydrogen-bond donors (Lipinski definition) is 0. The molecule has 0 N–H and O–H groups in total. The van der Waals surface area contributed by atoms with Gasteiger partial charge in [0.25, 0.3) is 5.91 Å². The molecule has 0 spiro atoms. The number of pyridine rings is 1. The summed E-state index contributed by atoms with van der Waals surface area (Å²) in [6.07, 6.45) is 5.61. The van der Waals surface area contributed by atoms with E-state index in [4.69, 9.17) is 4.74 Å². The van der Waals surface area contributed by atoms with Crippen LogP contribution in [-0.2, 0) is 11.3 Å². The summed E-state index contributed by atoms with van der Waals surface area (Å²) in [7, 11) is 3.96. The number of ether oxygens (including phenoxy) is 1. The lowest BCUT2D eigenvalue weighted by Crippen LogP contribution is -2.43. The Morgan fingerprint density at radius 2 is 2.20 bits per heavy atom. The van der Waals surface area contributed by atoms with Crippen molar-refractivity contribution in [2.75, 3.05) is 32.1 Å². The number of piperidine rings is 1. The minimum atomic E-state index is 0.0786. The number of nitrogens with zero attached hydrogens (tertiary/aromatic N) is 3. The fraction of sp³-hybridized carbons (Fsp3) is 0.400. The molecule has 25 heavy (non-hydrogen) atoms. The Labute approximate surface area is 149 Å². The van der Waals surface area contributed by atoms with Crippen molar-refractivity contribution in [1.29, 1.82) is 0 Å². The van der Waals surface area contributed by atoms with Crippen molar-refractivity contribution in [3.8, 4) is 0 Å². The highest BCUT2D eigenvalue weighted by Crippen LogP contribution is 2.20. The standard InChI is InChI=1S/C20H25N3O2/c1-22(2)18-8-3-7-17(12-18)20(24)23-11-5-9-19(14-23)25-15-16-6-4-10-21-13-16/h3-4,6-8,10,12-13,19H,5,9,11,14-15H2,1-2H3/t19-/m1/s1. The fourth-order valence-electron chi connectivity index (χ4n) is 3.06. The molecule has 3 rings (SSSR count). The highest BCUT2D eigenvalue weighted by Gasteiger charge is 2.25. The van der Waals surface area contributed by atoms with Crippen LogP contribution in [0.4, 0.5) is 5.69 Å². The molecular weight excluding hydrogens is 314 g/mol. The molecule has 2 aromatic rings. The zero-order chi connectivity index (χ0) is 17.6. The number of anilines is 1. The molecule has 0 radical (unpaired) electrons. The molecular formula is C20H25N3O2. The van der Waals surface area contributed by atoms with Crippen LogP contribution in [0, 0.1) is 0 Å². The molecule has 0 bridgehead atoms. The number of amides is 1. The van der Waals surface area contributed by atoms with E-state index in [9.17, 15) is 4.79 Å². The maximum Gasteiger partial charge on any atom is 0.254 e. The SMILES string of the molecule is CN(C)c1cccc(C(=O)N2CCC[C@@H](OCc3cccnc3)C2)c1. The summed E-state index contributed by atoms with van der Waals surface area (Å²) in [5.74, 6) is 0.0818. The number of benzene rings is 1. The molecule has 132 valence electrons. The van der Waals surface area contributed by atoms with Crippen LogP contribution in [0.25, 0.3) is 0 Å². The topological polar surface area (TPSA) is 45.7 Å².